The molecule has 1 saturated heterocycles. The van der Waals surface area contributed by atoms with Gasteiger partial charge in [0.05, 0.1) is 23.6 Å². The number of fused-ring (bicyclic) bond motifs is 1. The Morgan fingerprint density at radius 1 is 1.19 bits per heavy atom. The van der Waals surface area contributed by atoms with Crippen molar-refractivity contribution in [2.45, 2.75) is 32.1 Å². The summed E-state index contributed by atoms with van der Waals surface area (Å²) >= 11 is 0. The molecule has 2 aromatic rings. The largest absolute Gasteiger partial charge is 0.488 e. The first-order valence-electron chi connectivity index (χ1n) is 10.3. The lowest BCUT2D eigenvalue weighted by atomic mass is 10.2. The molecule has 1 aliphatic heterocycles. The minimum atomic E-state index is -3.61. The Morgan fingerprint density at radius 3 is 2.71 bits per heavy atom. The molecule has 3 amide bonds. The second-order valence-electron chi connectivity index (χ2n) is 8.01. The van der Waals surface area contributed by atoms with Crippen molar-refractivity contribution in [3.63, 3.8) is 0 Å². The number of aromatic nitrogens is 1. The van der Waals surface area contributed by atoms with Crippen LogP contribution in [0.15, 0.2) is 18.3 Å². The maximum absolute atomic E-state index is 14.2. The van der Waals surface area contributed by atoms with E-state index in [0.717, 1.165) is 12.8 Å². The zero-order valence-electron chi connectivity index (χ0n) is 16.9. The lowest BCUT2D eigenvalue weighted by Gasteiger charge is -2.12. The van der Waals surface area contributed by atoms with Crippen LogP contribution in [-0.4, -0.2) is 55.7 Å². The first-order chi connectivity index (χ1) is 14.8. The second kappa shape index (κ2) is 8.74. The number of rotatable bonds is 11. The quantitative estimate of drug-likeness (QED) is 0.357. The van der Waals surface area contributed by atoms with E-state index in [0.29, 0.717) is 54.9 Å². The Hall–Kier alpha value is -2.82. The number of carbonyl (C=O) groups is 2. The standard InChI is InChI=1S/C20H25FN4O5S/c21-15-7-6-14-16(10-22-18(14)19(15)30-12-13-4-5-13)24-31(28,29)9-3-1-2-8-25-11-17(26)23-20(25)27/h6-7,10,13,22,24H,1-5,8-9,11-12H2,(H,23,26,27). The number of sulfonamides is 1. The van der Waals surface area contributed by atoms with Gasteiger partial charge in [0, 0.05) is 18.1 Å². The Kier molecular flexibility index (Phi) is 6.03. The number of benzene rings is 1. The smallest absolute Gasteiger partial charge is 0.324 e. The van der Waals surface area contributed by atoms with Crippen LogP contribution in [0.1, 0.15) is 32.1 Å². The van der Waals surface area contributed by atoms with Crippen LogP contribution in [0.5, 0.6) is 5.75 Å². The summed E-state index contributed by atoms with van der Waals surface area (Å²) in [5.74, 6) is -0.326. The maximum Gasteiger partial charge on any atom is 0.324 e. The fourth-order valence-electron chi connectivity index (χ4n) is 3.51. The van der Waals surface area contributed by atoms with Crippen LogP contribution in [0.2, 0.25) is 0 Å². The third-order valence-electron chi connectivity index (χ3n) is 5.40. The number of hydrogen-bond acceptors (Lipinski definition) is 5. The van der Waals surface area contributed by atoms with Crippen molar-refractivity contribution in [2.75, 3.05) is 30.2 Å². The number of nitrogens with zero attached hydrogens (tertiary/aromatic N) is 1. The van der Waals surface area contributed by atoms with Crippen LogP contribution < -0.4 is 14.8 Å². The molecule has 3 N–H and O–H groups in total. The van der Waals surface area contributed by atoms with Gasteiger partial charge in [-0.15, -0.1) is 0 Å². The molecule has 0 spiro atoms. The topological polar surface area (TPSA) is 121 Å². The van der Waals surface area contributed by atoms with Gasteiger partial charge in [-0.05, 0) is 43.7 Å². The van der Waals surface area contributed by atoms with Crippen LogP contribution in [0.25, 0.3) is 10.9 Å². The van der Waals surface area contributed by atoms with Gasteiger partial charge in [0.2, 0.25) is 15.9 Å². The molecule has 1 aliphatic carbocycles. The molecule has 0 radical (unpaired) electrons. The van der Waals surface area contributed by atoms with Crippen molar-refractivity contribution >= 4 is 38.6 Å². The molecule has 0 bridgehead atoms. The van der Waals surface area contributed by atoms with Gasteiger partial charge < -0.3 is 14.6 Å². The Labute approximate surface area is 179 Å². The van der Waals surface area contributed by atoms with Gasteiger partial charge in [-0.3, -0.25) is 14.8 Å². The molecule has 4 rings (SSSR count). The molecule has 0 atom stereocenters. The van der Waals surface area contributed by atoms with E-state index in [-0.39, 0.29) is 24.0 Å². The number of aromatic amines is 1. The second-order valence-corrected chi connectivity index (χ2v) is 9.85. The third-order valence-corrected chi connectivity index (χ3v) is 6.75. The number of unbranched alkanes of at least 4 members (excludes halogenated alkanes) is 2. The number of imide groups is 1. The summed E-state index contributed by atoms with van der Waals surface area (Å²) in [6, 6.07) is 2.39. The highest BCUT2D eigenvalue weighted by Gasteiger charge is 2.26. The van der Waals surface area contributed by atoms with Gasteiger partial charge >= 0.3 is 6.03 Å². The Bertz CT molecular complexity index is 1100. The van der Waals surface area contributed by atoms with Crippen molar-refractivity contribution in [2.24, 2.45) is 5.92 Å². The Balaban J connectivity index is 1.30. The van der Waals surface area contributed by atoms with E-state index in [9.17, 15) is 22.4 Å². The molecule has 168 valence electrons. The number of hydrogen-bond donors (Lipinski definition) is 3. The monoisotopic (exact) mass is 452 g/mol. The SMILES string of the molecule is O=C1CN(CCCCCS(=O)(=O)Nc2c[nH]c3c(OCC4CC4)c(F)ccc23)C(=O)N1. The number of ether oxygens (including phenoxy) is 1. The van der Waals surface area contributed by atoms with E-state index in [1.54, 1.807) is 0 Å². The van der Waals surface area contributed by atoms with Crippen molar-refractivity contribution < 1.29 is 27.1 Å². The van der Waals surface area contributed by atoms with Crippen LogP contribution in [0.3, 0.4) is 0 Å². The molecule has 2 aliphatic rings. The van der Waals surface area contributed by atoms with E-state index in [2.05, 4.69) is 15.0 Å². The first kappa shape index (κ1) is 21.4. The predicted octanol–water partition coefficient (Wildman–Crippen LogP) is 2.56. The molecule has 1 aromatic heterocycles. The summed E-state index contributed by atoms with van der Waals surface area (Å²) in [5.41, 5.74) is 0.773. The molecule has 0 unspecified atom stereocenters. The highest BCUT2D eigenvalue weighted by Crippen LogP contribution is 2.35. The lowest BCUT2D eigenvalue weighted by Crippen LogP contribution is -2.29. The molecule has 31 heavy (non-hydrogen) atoms. The van der Waals surface area contributed by atoms with Gasteiger partial charge in [-0.2, -0.15) is 0 Å². The van der Waals surface area contributed by atoms with Gasteiger partial charge in [-0.1, -0.05) is 6.42 Å². The van der Waals surface area contributed by atoms with Gasteiger partial charge in [0.1, 0.15) is 6.54 Å². The highest BCUT2D eigenvalue weighted by molar-refractivity contribution is 7.92. The summed E-state index contributed by atoms with van der Waals surface area (Å²) < 4.78 is 47.3. The summed E-state index contributed by atoms with van der Waals surface area (Å²) in [6.45, 7) is 0.901. The molecule has 1 saturated carbocycles. The predicted molar refractivity (Wildman–Crippen MR) is 113 cm³/mol. The van der Waals surface area contributed by atoms with Crippen molar-refractivity contribution in [1.82, 2.24) is 15.2 Å². The van der Waals surface area contributed by atoms with Gasteiger partial charge in [-0.25, -0.2) is 17.6 Å². The minimum absolute atomic E-state index is 0.0478. The highest BCUT2D eigenvalue weighted by atomic mass is 32.2. The normalized spacial score (nSPS) is 16.7. The number of nitrogens with one attached hydrogen (secondary N) is 3. The van der Waals surface area contributed by atoms with E-state index < -0.39 is 21.9 Å². The van der Waals surface area contributed by atoms with E-state index in [4.69, 9.17) is 4.74 Å². The molecule has 2 heterocycles. The minimum Gasteiger partial charge on any atom is -0.488 e. The summed E-state index contributed by atoms with van der Waals surface area (Å²) in [5, 5.41) is 2.74. The van der Waals surface area contributed by atoms with Crippen molar-refractivity contribution in [3.05, 3.63) is 24.1 Å². The fraction of sp³-hybridized carbons (Fsp3) is 0.500. The van der Waals surface area contributed by atoms with E-state index in [1.165, 1.54) is 23.2 Å². The van der Waals surface area contributed by atoms with Crippen LogP contribution >= 0.6 is 0 Å². The Morgan fingerprint density at radius 2 is 2.00 bits per heavy atom. The van der Waals surface area contributed by atoms with E-state index >= 15 is 0 Å². The summed E-state index contributed by atoms with van der Waals surface area (Å²) in [6.07, 6.45) is 5.26. The number of urea groups is 1. The van der Waals surface area contributed by atoms with Crippen LogP contribution in [-0.2, 0) is 14.8 Å². The number of anilines is 1. The fourth-order valence-corrected chi connectivity index (χ4v) is 4.70. The first-order valence-corrected chi connectivity index (χ1v) is 12.0. The van der Waals surface area contributed by atoms with Gasteiger partial charge in [0.25, 0.3) is 0 Å². The van der Waals surface area contributed by atoms with Gasteiger partial charge in [0.15, 0.2) is 11.6 Å². The van der Waals surface area contributed by atoms with Crippen LogP contribution in [0, 0.1) is 11.7 Å². The third kappa shape index (κ3) is 5.27. The maximum atomic E-state index is 14.2. The molecular formula is C20H25FN4O5S. The average molecular weight is 453 g/mol. The summed E-state index contributed by atoms with van der Waals surface area (Å²) in [4.78, 5) is 26.9. The van der Waals surface area contributed by atoms with Crippen molar-refractivity contribution in [3.8, 4) is 5.75 Å². The molecule has 9 nitrogen and oxygen atoms in total. The number of carbonyl (C=O) groups excluding carboxylic acids is 2. The summed E-state index contributed by atoms with van der Waals surface area (Å²) in [7, 11) is -3.61. The number of H-pyrrole nitrogens is 1. The molecule has 11 heteroatoms. The van der Waals surface area contributed by atoms with E-state index in [1.807, 2.05) is 0 Å². The molecule has 1 aromatic carbocycles. The van der Waals surface area contributed by atoms with Crippen LogP contribution in [0.4, 0.5) is 14.9 Å². The lowest BCUT2D eigenvalue weighted by molar-refractivity contribution is -0.118. The van der Waals surface area contributed by atoms with Crippen molar-refractivity contribution in [1.29, 1.82) is 0 Å². The number of halogens is 1. The molecular weight excluding hydrogens is 427 g/mol. The zero-order valence-corrected chi connectivity index (χ0v) is 17.8. The molecule has 2 fully saturated rings. The zero-order chi connectivity index (χ0) is 22.0. The number of amides is 3. The average Bonchev–Trinajstić information content (AvgIpc) is 3.37.